The highest BCUT2D eigenvalue weighted by Crippen LogP contribution is 2.23. The van der Waals surface area contributed by atoms with Crippen molar-refractivity contribution in [3.8, 4) is 5.75 Å². The number of carbonyl (C=O) groups is 1. The molecule has 0 bridgehead atoms. The van der Waals surface area contributed by atoms with Crippen LogP contribution in [-0.2, 0) is 0 Å². The van der Waals surface area contributed by atoms with E-state index in [9.17, 15) is 9.18 Å². The third kappa shape index (κ3) is 3.05. The Hall–Kier alpha value is -1.38. The normalized spacial score (nSPS) is 12.6. The van der Waals surface area contributed by atoms with Crippen molar-refractivity contribution in [2.24, 2.45) is 5.92 Å². The molecule has 1 aromatic rings. The molecule has 2 nitrogen and oxygen atoms in total. The maximum Gasteiger partial charge on any atom is 0.163 e. The van der Waals surface area contributed by atoms with Crippen molar-refractivity contribution >= 4 is 5.78 Å². The van der Waals surface area contributed by atoms with E-state index in [-0.39, 0.29) is 11.9 Å². The van der Waals surface area contributed by atoms with E-state index in [0.29, 0.717) is 17.2 Å². The fourth-order valence-corrected chi connectivity index (χ4v) is 1.22. The SMILES string of the molecule is CC(=O)c1cc(F)ccc1OC(C)C(C)C. The highest BCUT2D eigenvalue weighted by atomic mass is 19.1. The average molecular weight is 224 g/mol. The lowest BCUT2D eigenvalue weighted by Gasteiger charge is -2.19. The zero-order chi connectivity index (χ0) is 12.3. The molecule has 88 valence electrons. The Morgan fingerprint density at radius 3 is 2.44 bits per heavy atom. The third-order valence-corrected chi connectivity index (χ3v) is 2.57. The summed E-state index contributed by atoms with van der Waals surface area (Å²) in [5.41, 5.74) is 0.299. The summed E-state index contributed by atoms with van der Waals surface area (Å²) in [6, 6.07) is 4.02. The molecule has 3 heteroatoms. The fourth-order valence-electron chi connectivity index (χ4n) is 1.22. The maximum atomic E-state index is 13.0. The highest BCUT2D eigenvalue weighted by Gasteiger charge is 2.14. The number of Topliss-reactive ketones (excluding diaryl/α,β-unsaturated/α-hetero) is 1. The second kappa shape index (κ2) is 5.10. The zero-order valence-corrected chi connectivity index (χ0v) is 10.1. The molecule has 0 spiro atoms. The number of halogens is 1. The first-order valence-corrected chi connectivity index (χ1v) is 5.39. The third-order valence-electron chi connectivity index (χ3n) is 2.57. The number of hydrogen-bond donors (Lipinski definition) is 0. The molecule has 0 radical (unpaired) electrons. The number of hydrogen-bond acceptors (Lipinski definition) is 2. The molecule has 0 aliphatic rings. The van der Waals surface area contributed by atoms with Gasteiger partial charge >= 0.3 is 0 Å². The van der Waals surface area contributed by atoms with Crippen molar-refractivity contribution in [3.05, 3.63) is 29.6 Å². The second-order valence-corrected chi connectivity index (χ2v) is 4.26. The summed E-state index contributed by atoms with van der Waals surface area (Å²) < 4.78 is 18.6. The Morgan fingerprint density at radius 2 is 1.94 bits per heavy atom. The Morgan fingerprint density at radius 1 is 1.31 bits per heavy atom. The lowest BCUT2D eigenvalue weighted by Crippen LogP contribution is -2.19. The average Bonchev–Trinajstić information content (AvgIpc) is 2.20. The van der Waals surface area contributed by atoms with Gasteiger partial charge in [-0.3, -0.25) is 4.79 Å². The second-order valence-electron chi connectivity index (χ2n) is 4.26. The van der Waals surface area contributed by atoms with Crippen molar-refractivity contribution in [1.29, 1.82) is 0 Å². The van der Waals surface area contributed by atoms with Crippen LogP contribution in [0.3, 0.4) is 0 Å². The first kappa shape index (κ1) is 12.7. The number of rotatable bonds is 4. The Labute approximate surface area is 95.4 Å². The highest BCUT2D eigenvalue weighted by molar-refractivity contribution is 5.96. The van der Waals surface area contributed by atoms with Crippen LogP contribution in [0.25, 0.3) is 0 Å². The molecule has 1 rings (SSSR count). The van der Waals surface area contributed by atoms with Gasteiger partial charge in [-0.05, 0) is 38.0 Å². The van der Waals surface area contributed by atoms with Gasteiger partial charge in [-0.15, -0.1) is 0 Å². The van der Waals surface area contributed by atoms with Gasteiger partial charge in [0.1, 0.15) is 11.6 Å². The molecular formula is C13H17FO2. The number of benzene rings is 1. The van der Waals surface area contributed by atoms with Crippen molar-refractivity contribution < 1.29 is 13.9 Å². The van der Waals surface area contributed by atoms with Crippen LogP contribution in [0.2, 0.25) is 0 Å². The van der Waals surface area contributed by atoms with Crippen LogP contribution in [0.5, 0.6) is 5.75 Å². The van der Waals surface area contributed by atoms with Crippen molar-refractivity contribution in [2.45, 2.75) is 33.8 Å². The molecule has 0 saturated carbocycles. The van der Waals surface area contributed by atoms with Gasteiger partial charge in [0.2, 0.25) is 0 Å². The summed E-state index contributed by atoms with van der Waals surface area (Å²) in [6.45, 7) is 7.39. The Balaban J connectivity index is 2.99. The first-order valence-electron chi connectivity index (χ1n) is 5.39. The minimum Gasteiger partial charge on any atom is -0.490 e. The number of carbonyl (C=O) groups excluding carboxylic acids is 1. The van der Waals surface area contributed by atoms with Crippen molar-refractivity contribution in [3.63, 3.8) is 0 Å². The van der Waals surface area contributed by atoms with Crippen molar-refractivity contribution in [2.75, 3.05) is 0 Å². The van der Waals surface area contributed by atoms with Gasteiger partial charge in [0.15, 0.2) is 5.78 Å². The predicted octanol–water partition coefficient (Wildman–Crippen LogP) is 3.45. The van der Waals surface area contributed by atoms with E-state index in [1.807, 2.05) is 20.8 Å². The fraction of sp³-hybridized carbons (Fsp3) is 0.462. The summed E-state index contributed by atoms with van der Waals surface area (Å²) in [5.74, 6) is 0.181. The molecule has 16 heavy (non-hydrogen) atoms. The quantitative estimate of drug-likeness (QED) is 0.732. The Bertz CT molecular complexity index is 386. The van der Waals surface area contributed by atoms with Gasteiger partial charge in [0.05, 0.1) is 11.7 Å². The summed E-state index contributed by atoms with van der Waals surface area (Å²) in [5, 5.41) is 0. The lowest BCUT2D eigenvalue weighted by molar-refractivity contribution is 0.100. The van der Waals surface area contributed by atoms with Crippen LogP contribution < -0.4 is 4.74 Å². The molecule has 1 aromatic carbocycles. The van der Waals surface area contributed by atoms with E-state index in [1.165, 1.54) is 25.1 Å². The summed E-state index contributed by atoms with van der Waals surface area (Å²) >= 11 is 0. The largest absolute Gasteiger partial charge is 0.490 e. The summed E-state index contributed by atoms with van der Waals surface area (Å²) in [7, 11) is 0. The van der Waals surface area contributed by atoms with Gasteiger partial charge in [0.25, 0.3) is 0 Å². The monoisotopic (exact) mass is 224 g/mol. The molecule has 0 fully saturated rings. The van der Waals surface area contributed by atoms with E-state index in [2.05, 4.69) is 0 Å². The smallest absolute Gasteiger partial charge is 0.163 e. The first-order chi connectivity index (χ1) is 7.41. The molecule has 0 aliphatic carbocycles. The van der Waals surface area contributed by atoms with E-state index in [4.69, 9.17) is 4.74 Å². The number of ketones is 1. The molecule has 1 unspecified atom stereocenters. The van der Waals surface area contributed by atoms with E-state index in [1.54, 1.807) is 0 Å². The van der Waals surface area contributed by atoms with Crippen LogP contribution >= 0.6 is 0 Å². The van der Waals surface area contributed by atoms with Crippen molar-refractivity contribution in [1.82, 2.24) is 0 Å². The topological polar surface area (TPSA) is 26.3 Å². The lowest BCUT2D eigenvalue weighted by atomic mass is 10.1. The van der Waals surface area contributed by atoms with Gasteiger partial charge in [-0.2, -0.15) is 0 Å². The van der Waals surface area contributed by atoms with Gasteiger partial charge < -0.3 is 4.74 Å². The standard InChI is InChI=1S/C13H17FO2/c1-8(2)10(4)16-13-6-5-11(14)7-12(13)9(3)15/h5-8,10H,1-4H3. The van der Waals surface area contributed by atoms with E-state index >= 15 is 0 Å². The molecule has 0 heterocycles. The minimum absolute atomic E-state index is 0.0106. The van der Waals surface area contributed by atoms with Crippen LogP contribution in [0.1, 0.15) is 38.1 Å². The van der Waals surface area contributed by atoms with Gasteiger partial charge in [0, 0.05) is 0 Å². The Kier molecular flexibility index (Phi) is 4.05. The zero-order valence-electron chi connectivity index (χ0n) is 10.1. The predicted molar refractivity (Wildman–Crippen MR) is 61.3 cm³/mol. The maximum absolute atomic E-state index is 13.0. The molecule has 0 amide bonds. The molecular weight excluding hydrogens is 207 g/mol. The van der Waals surface area contributed by atoms with Crippen LogP contribution in [0.4, 0.5) is 4.39 Å². The minimum atomic E-state index is -0.422. The molecule has 0 N–H and O–H groups in total. The van der Waals surface area contributed by atoms with E-state index in [0.717, 1.165) is 0 Å². The van der Waals surface area contributed by atoms with Crippen LogP contribution in [-0.4, -0.2) is 11.9 Å². The molecule has 0 saturated heterocycles. The summed E-state index contributed by atoms with van der Waals surface area (Å²) in [4.78, 5) is 11.3. The van der Waals surface area contributed by atoms with Gasteiger partial charge in [-0.25, -0.2) is 4.39 Å². The molecule has 0 aromatic heterocycles. The molecule has 1 atom stereocenters. The van der Waals surface area contributed by atoms with Gasteiger partial charge in [-0.1, -0.05) is 13.8 Å². The molecule has 0 aliphatic heterocycles. The van der Waals surface area contributed by atoms with Crippen LogP contribution in [0, 0.1) is 11.7 Å². The summed E-state index contributed by atoms with van der Waals surface area (Å²) in [6.07, 6.45) is -0.0106. The van der Waals surface area contributed by atoms with Crippen LogP contribution in [0.15, 0.2) is 18.2 Å². The number of ether oxygens (including phenoxy) is 1. The van der Waals surface area contributed by atoms with E-state index < -0.39 is 5.82 Å².